The van der Waals surface area contributed by atoms with Gasteiger partial charge in [0.2, 0.25) is 0 Å². The number of hydrogen-bond donors (Lipinski definition) is 1. The van der Waals surface area contributed by atoms with Gasteiger partial charge in [0.25, 0.3) is 0 Å². The van der Waals surface area contributed by atoms with Gasteiger partial charge in [-0.2, -0.15) is 0 Å². The lowest BCUT2D eigenvalue weighted by molar-refractivity contribution is -0.137. The minimum absolute atomic E-state index is 0.271. The van der Waals surface area contributed by atoms with Gasteiger partial charge in [0, 0.05) is 16.8 Å². The molecule has 0 saturated carbocycles. The van der Waals surface area contributed by atoms with Crippen molar-refractivity contribution in [2.45, 2.75) is 26.9 Å². The average Bonchev–Trinajstić information content (AvgIpc) is 2.47. The second-order valence-electron chi connectivity index (χ2n) is 4.61. The number of hydrogen-bond acceptors (Lipinski definition) is 4. The zero-order chi connectivity index (χ0) is 17.2. The van der Waals surface area contributed by atoms with E-state index in [2.05, 4.69) is 5.32 Å². The van der Waals surface area contributed by atoms with E-state index in [9.17, 15) is 9.59 Å². The smallest absolute Gasteiger partial charge is 0.412 e. The van der Waals surface area contributed by atoms with Crippen molar-refractivity contribution in [2.24, 2.45) is 0 Å². The van der Waals surface area contributed by atoms with Crippen molar-refractivity contribution in [3.8, 4) is 0 Å². The Morgan fingerprint density at radius 3 is 2.52 bits per heavy atom. The molecule has 0 bridgehead atoms. The zero-order valence-corrected chi connectivity index (χ0v) is 14.1. The number of nitrogens with one attached hydrogen (secondary N) is 1. The van der Waals surface area contributed by atoms with Gasteiger partial charge < -0.3 is 9.47 Å². The predicted molar refractivity (Wildman–Crippen MR) is 89.0 cm³/mol. The van der Waals surface area contributed by atoms with Crippen molar-refractivity contribution in [3.05, 3.63) is 58.8 Å². The number of allylic oxidation sites excluding steroid dienone is 2. The molecular weight excluding hydrogens is 318 g/mol. The second-order valence-corrected chi connectivity index (χ2v) is 5.04. The summed E-state index contributed by atoms with van der Waals surface area (Å²) >= 11 is 5.85. The van der Waals surface area contributed by atoms with Gasteiger partial charge in [-0.3, -0.25) is 5.32 Å². The maximum absolute atomic E-state index is 11.9. The highest BCUT2D eigenvalue weighted by Crippen LogP contribution is 2.21. The molecule has 1 aromatic rings. The Morgan fingerprint density at radius 1 is 1.30 bits per heavy atom. The number of esters is 1. The van der Waals surface area contributed by atoms with Gasteiger partial charge >= 0.3 is 12.1 Å². The summed E-state index contributed by atoms with van der Waals surface area (Å²) in [5, 5.41) is 3.08. The zero-order valence-electron chi connectivity index (χ0n) is 13.3. The van der Waals surface area contributed by atoms with E-state index >= 15 is 0 Å². The first kappa shape index (κ1) is 18.8. The first-order valence-electron chi connectivity index (χ1n) is 7.17. The first-order valence-corrected chi connectivity index (χ1v) is 7.55. The van der Waals surface area contributed by atoms with Crippen LogP contribution in [0.25, 0.3) is 0 Å². The van der Waals surface area contributed by atoms with Crippen LogP contribution in [0.4, 0.5) is 4.79 Å². The van der Waals surface area contributed by atoms with Gasteiger partial charge in [0.1, 0.15) is 6.10 Å². The first-order chi connectivity index (χ1) is 11.0. The van der Waals surface area contributed by atoms with Crippen LogP contribution < -0.4 is 5.32 Å². The Bertz CT molecular complexity index is 593. The van der Waals surface area contributed by atoms with E-state index in [4.69, 9.17) is 21.1 Å². The Hall–Kier alpha value is -2.27. The minimum Gasteiger partial charge on any atom is -0.463 e. The number of rotatable bonds is 6. The Kier molecular flexibility index (Phi) is 7.91. The topological polar surface area (TPSA) is 64.6 Å². The van der Waals surface area contributed by atoms with E-state index in [1.807, 2.05) is 6.92 Å². The fraction of sp³-hybridized carbons (Fsp3) is 0.294. The van der Waals surface area contributed by atoms with Crippen LogP contribution in [0.5, 0.6) is 0 Å². The molecule has 1 N–H and O–H groups in total. The van der Waals surface area contributed by atoms with Crippen molar-refractivity contribution in [3.63, 3.8) is 0 Å². The van der Waals surface area contributed by atoms with Crippen LogP contribution in [0.15, 0.2) is 48.2 Å². The molecule has 1 amide bonds. The van der Waals surface area contributed by atoms with Gasteiger partial charge in [-0.1, -0.05) is 29.8 Å². The lowest BCUT2D eigenvalue weighted by atomic mass is 10.1. The van der Waals surface area contributed by atoms with Gasteiger partial charge in [0.05, 0.1) is 6.61 Å². The van der Waals surface area contributed by atoms with Crippen LogP contribution in [0.2, 0.25) is 5.02 Å². The van der Waals surface area contributed by atoms with E-state index < -0.39 is 18.2 Å². The molecule has 0 heterocycles. The molecule has 6 heteroatoms. The van der Waals surface area contributed by atoms with Crippen LogP contribution in [0, 0.1) is 0 Å². The number of carbonyl (C=O) groups is 2. The highest BCUT2D eigenvalue weighted by Gasteiger charge is 2.14. The molecule has 0 saturated heterocycles. The van der Waals surface area contributed by atoms with Crippen LogP contribution in [0.1, 0.15) is 32.4 Å². The Labute approximate surface area is 140 Å². The van der Waals surface area contributed by atoms with Crippen molar-refractivity contribution < 1.29 is 19.1 Å². The quantitative estimate of drug-likeness (QED) is 0.481. The highest BCUT2D eigenvalue weighted by molar-refractivity contribution is 6.30. The van der Waals surface area contributed by atoms with Crippen LogP contribution in [0.3, 0.4) is 0 Å². The highest BCUT2D eigenvalue weighted by atomic mass is 35.5. The average molecular weight is 338 g/mol. The van der Waals surface area contributed by atoms with E-state index in [0.717, 1.165) is 5.56 Å². The minimum atomic E-state index is -0.666. The standard InChI is InChI=1S/C17H20ClNO4/c1-4-6-15(13-7-9-14(18)10-8-13)23-17(21)19-12(3)11-16(20)22-5-2/h4,6-11,15H,5H2,1-3H3,(H,19,21). The molecule has 0 fully saturated rings. The van der Waals surface area contributed by atoms with Crippen molar-refractivity contribution in [2.75, 3.05) is 6.61 Å². The molecule has 0 spiro atoms. The summed E-state index contributed by atoms with van der Waals surface area (Å²) in [6.45, 7) is 5.38. The molecule has 0 aliphatic heterocycles. The normalized spacial score (nSPS) is 12.8. The van der Waals surface area contributed by atoms with Gasteiger partial charge in [-0.15, -0.1) is 0 Å². The summed E-state index contributed by atoms with van der Waals surface area (Å²) in [5.74, 6) is -0.520. The summed E-state index contributed by atoms with van der Waals surface area (Å²) in [6.07, 6.45) is 3.51. The third-order valence-corrected chi connectivity index (χ3v) is 2.97. The molecule has 5 nitrogen and oxygen atoms in total. The summed E-state index contributed by atoms with van der Waals surface area (Å²) < 4.78 is 10.1. The molecular formula is C17H20ClNO4. The summed E-state index contributed by atoms with van der Waals surface area (Å²) in [6, 6.07) is 7.00. The van der Waals surface area contributed by atoms with E-state index in [1.165, 1.54) is 6.08 Å². The summed E-state index contributed by atoms with van der Waals surface area (Å²) in [5.41, 5.74) is 1.12. The number of ether oxygens (including phenoxy) is 2. The molecule has 1 aromatic carbocycles. The van der Waals surface area contributed by atoms with Crippen molar-refractivity contribution >= 4 is 23.7 Å². The number of halogens is 1. The molecule has 1 atom stereocenters. The van der Waals surface area contributed by atoms with E-state index in [1.54, 1.807) is 50.3 Å². The van der Waals surface area contributed by atoms with Crippen LogP contribution in [-0.4, -0.2) is 18.7 Å². The van der Waals surface area contributed by atoms with Crippen molar-refractivity contribution in [1.82, 2.24) is 5.32 Å². The molecule has 0 aromatic heterocycles. The van der Waals surface area contributed by atoms with Crippen molar-refractivity contribution in [1.29, 1.82) is 0 Å². The molecule has 124 valence electrons. The fourth-order valence-corrected chi connectivity index (χ4v) is 1.87. The third-order valence-electron chi connectivity index (χ3n) is 2.72. The van der Waals surface area contributed by atoms with E-state index in [-0.39, 0.29) is 6.61 Å². The molecule has 1 unspecified atom stereocenters. The number of benzene rings is 1. The molecule has 0 aliphatic rings. The molecule has 23 heavy (non-hydrogen) atoms. The second kappa shape index (κ2) is 9.69. The molecule has 0 radical (unpaired) electrons. The van der Waals surface area contributed by atoms with Gasteiger partial charge in [-0.25, -0.2) is 9.59 Å². The maximum atomic E-state index is 11.9. The number of carbonyl (C=O) groups excluding carboxylic acids is 2. The van der Waals surface area contributed by atoms with Gasteiger partial charge in [0.15, 0.2) is 0 Å². The SMILES string of the molecule is CC=CC(OC(=O)NC(C)=CC(=O)OCC)c1ccc(Cl)cc1. The van der Waals surface area contributed by atoms with Gasteiger partial charge in [-0.05, 0) is 44.5 Å². The molecule has 0 aliphatic carbocycles. The predicted octanol–water partition coefficient (Wildman–Crippen LogP) is 4.15. The fourth-order valence-electron chi connectivity index (χ4n) is 1.75. The maximum Gasteiger partial charge on any atom is 0.412 e. The summed E-state index contributed by atoms with van der Waals surface area (Å²) in [7, 11) is 0. The van der Waals surface area contributed by atoms with Crippen LogP contribution >= 0.6 is 11.6 Å². The number of amides is 1. The number of alkyl carbamates (subject to hydrolysis) is 1. The lowest BCUT2D eigenvalue weighted by Gasteiger charge is -2.15. The largest absolute Gasteiger partial charge is 0.463 e. The summed E-state index contributed by atoms with van der Waals surface area (Å²) in [4.78, 5) is 23.2. The Morgan fingerprint density at radius 2 is 1.96 bits per heavy atom. The lowest BCUT2D eigenvalue weighted by Crippen LogP contribution is -2.24. The van der Waals surface area contributed by atoms with E-state index in [0.29, 0.717) is 10.7 Å². The monoisotopic (exact) mass is 337 g/mol. The molecule has 1 rings (SSSR count). The van der Waals surface area contributed by atoms with Crippen LogP contribution in [-0.2, 0) is 14.3 Å². The Balaban J connectivity index is 2.71. The third kappa shape index (κ3) is 7.02.